The van der Waals surface area contributed by atoms with Crippen LogP contribution in [0.15, 0.2) is 6.07 Å². The Morgan fingerprint density at radius 1 is 1.29 bits per heavy atom. The van der Waals surface area contributed by atoms with Gasteiger partial charge in [-0.3, -0.25) is 0 Å². The fraction of sp³-hybridized carbons (Fsp3) is 0.765. The van der Waals surface area contributed by atoms with Crippen LogP contribution in [0.25, 0.3) is 0 Å². The molecule has 2 nitrogen and oxygen atoms in total. The van der Waals surface area contributed by atoms with E-state index in [9.17, 15) is 0 Å². The highest BCUT2D eigenvalue weighted by molar-refractivity contribution is 7.16. The van der Waals surface area contributed by atoms with E-state index < -0.39 is 0 Å². The summed E-state index contributed by atoms with van der Waals surface area (Å²) in [6.07, 6.45) is 9.42. The molecule has 2 rings (SSSR count). The van der Waals surface area contributed by atoms with Crippen molar-refractivity contribution in [3.63, 3.8) is 0 Å². The molecule has 4 heteroatoms. The number of hydrogen-bond donors (Lipinski definition) is 1. The zero-order chi connectivity index (χ0) is 15.1. The molecule has 1 fully saturated rings. The van der Waals surface area contributed by atoms with Gasteiger partial charge in [-0.2, -0.15) is 0 Å². The third kappa shape index (κ3) is 5.24. The molecule has 1 aromatic rings. The van der Waals surface area contributed by atoms with E-state index in [0.717, 1.165) is 24.0 Å². The van der Waals surface area contributed by atoms with E-state index in [0.29, 0.717) is 5.41 Å². The Labute approximate surface area is 138 Å². The van der Waals surface area contributed by atoms with Gasteiger partial charge in [0.25, 0.3) is 0 Å². The van der Waals surface area contributed by atoms with Crippen LogP contribution in [-0.2, 0) is 11.2 Å². The van der Waals surface area contributed by atoms with Crippen molar-refractivity contribution in [3.8, 4) is 0 Å². The van der Waals surface area contributed by atoms with Crippen LogP contribution in [0.5, 0.6) is 0 Å². The van der Waals surface area contributed by atoms with Crippen LogP contribution in [0.1, 0.15) is 49.0 Å². The summed E-state index contributed by atoms with van der Waals surface area (Å²) < 4.78 is 6.05. The second-order valence-corrected chi connectivity index (χ2v) is 8.11. The smallest absolute Gasteiger partial charge is 0.0960 e. The van der Waals surface area contributed by atoms with Crippen LogP contribution < -0.4 is 5.32 Å². The van der Waals surface area contributed by atoms with Crippen molar-refractivity contribution in [2.24, 2.45) is 5.41 Å². The van der Waals surface area contributed by atoms with Gasteiger partial charge in [-0.05, 0) is 62.6 Å². The minimum Gasteiger partial charge on any atom is -0.383 e. The van der Waals surface area contributed by atoms with Crippen molar-refractivity contribution in [1.29, 1.82) is 0 Å². The van der Waals surface area contributed by atoms with E-state index in [1.54, 1.807) is 18.4 Å². The Balaban J connectivity index is 1.80. The molecular formula is C17H28ClNOS. The molecule has 1 aliphatic carbocycles. The largest absolute Gasteiger partial charge is 0.383 e. The Morgan fingerprint density at radius 2 is 2.05 bits per heavy atom. The highest BCUT2D eigenvalue weighted by Gasteiger charge is 2.32. The number of ether oxygens (including phenoxy) is 1. The number of aryl methyl sites for hydroxylation is 2. The standard InChI is InChI=1S/C17H28ClNOS/c1-14-13-15(21-16(14)18)5-8-17(6-3-4-7-17)9-10-19-11-12-20-2/h13,19H,3-12H2,1-2H3. The summed E-state index contributed by atoms with van der Waals surface area (Å²) in [4.78, 5) is 1.45. The van der Waals surface area contributed by atoms with Crippen LogP contribution in [0.3, 0.4) is 0 Å². The number of nitrogens with one attached hydrogen (secondary N) is 1. The van der Waals surface area contributed by atoms with E-state index in [2.05, 4.69) is 18.3 Å². The summed E-state index contributed by atoms with van der Waals surface area (Å²) in [5.74, 6) is 0. The molecular weight excluding hydrogens is 302 g/mol. The van der Waals surface area contributed by atoms with Crippen molar-refractivity contribution in [2.45, 2.75) is 51.9 Å². The molecule has 0 radical (unpaired) electrons. The van der Waals surface area contributed by atoms with Gasteiger partial charge in [0.2, 0.25) is 0 Å². The van der Waals surface area contributed by atoms with E-state index in [-0.39, 0.29) is 0 Å². The number of rotatable bonds is 9. The molecule has 0 saturated heterocycles. The van der Waals surface area contributed by atoms with Crippen LogP contribution in [-0.4, -0.2) is 26.8 Å². The zero-order valence-electron chi connectivity index (χ0n) is 13.3. The lowest BCUT2D eigenvalue weighted by Crippen LogP contribution is -2.27. The fourth-order valence-corrected chi connectivity index (χ4v) is 4.68. The number of thiophene rings is 1. The molecule has 0 spiro atoms. The topological polar surface area (TPSA) is 21.3 Å². The molecule has 21 heavy (non-hydrogen) atoms. The minimum atomic E-state index is 0.560. The van der Waals surface area contributed by atoms with Gasteiger partial charge in [0, 0.05) is 18.5 Å². The maximum atomic E-state index is 6.19. The quantitative estimate of drug-likeness (QED) is 0.655. The SMILES string of the molecule is COCCNCCC1(CCc2cc(C)c(Cl)s2)CCCC1. The van der Waals surface area contributed by atoms with Crippen LogP contribution in [0, 0.1) is 12.3 Å². The second-order valence-electron chi connectivity index (χ2n) is 6.37. The predicted octanol–water partition coefficient (Wildman–Crippen LogP) is 4.83. The molecule has 0 atom stereocenters. The first-order chi connectivity index (χ1) is 10.2. The highest BCUT2D eigenvalue weighted by atomic mass is 35.5. The van der Waals surface area contributed by atoms with Crippen LogP contribution in [0.4, 0.5) is 0 Å². The molecule has 1 aromatic heterocycles. The second kappa shape index (κ2) is 8.52. The summed E-state index contributed by atoms with van der Waals surface area (Å²) in [6, 6.07) is 2.27. The van der Waals surface area contributed by atoms with Crippen LogP contribution >= 0.6 is 22.9 Å². The summed E-state index contributed by atoms with van der Waals surface area (Å²) in [6.45, 7) is 4.99. The van der Waals surface area contributed by atoms with E-state index >= 15 is 0 Å². The lowest BCUT2D eigenvalue weighted by Gasteiger charge is -2.29. The summed E-state index contributed by atoms with van der Waals surface area (Å²) >= 11 is 7.95. The van der Waals surface area contributed by atoms with Crippen molar-refractivity contribution < 1.29 is 4.74 Å². The van der Waals surface area contributed by atoms with E-state index in [1.807, 2.05) is 0 Å². The maximum Gasteiger partial charge on any atom is 0.0960 e. The average Bonchev–Trinajstić information content (AvgIpc) is 3.05. The van der Waals surface area contributed by atoms with Crippen molar-refractivity contribution in [1.82, 2.24) is 5.32 Å². The lowest BCUT2D eigenvalue weighted by atomic mass is 9.78. The normalized spacial score (nSPS) is 17.5. The zero-order valence-corrected chi connectivity index (χ0v) is 14.9. The van der Waals surface area contributed by atoms with Gasteiger partial charge >= 0.3 is 0 Å². The van der Waals surface area contributed by atoms with Gasteiger partial charge in [0.15, 0.2) is 0 Å². The fourth-order valence-electron chi connectivity index (χ4n) is 3.44. The Kier molecular flexibility index (Phi) is 7.00. The lowest BCUT2D eigenvalue weighted by molar-refractivity contribution is 0.194. The highest BCUT2D eigenvalue weighted by Crippen LogP contribution is 2.45. The van der Waals surface area contributed by atoms with E-state index in [4.69, 9.17) is 16.3 Å². The van der Waals surface area contributed by atoms with Gasteiger partial charge in [0.05, 0.1) is 10.9 Å². The number of hydrogen-bond acceptors (Lipinski definition) is 3. The summed E-state index contributed by atoms with van der Waals surface area (Å²) in [5, 5.41) is 3.51. The van der Waals surface area contributed by atoms with Crippen molar-refractivity contribution >= 4 is 22.9 Å². The Morgan fingerprint density at radius 3 is 2.67 bits per heavy atom. The first-order valence-corrected chi connectivity index (χ1v) is 9.29. The number of methoxy groups -OCH3 is 1. The van der Waals surface area contributed by atoms with Gasteiger partial charge in [-0.25, -0.2) is 0 Å². The molecule has 1 aliphatic rings. The molecule has 120 valence electrons. The molecule has 1 N–H and O–H groups in total. The molecule has 0 aromatic carbocycles. The van der Waals surface area contributed by atoms with Crippen molar-refractivity contribution in [2.75, 3.05) is 26.8 Å². The molecule has 1 saturated carbocycles. The monoisotopic (exact) mass is 329 g/mol. The van der Waals surface area contributed by atoms with Gasteiger partial charge in [0.1, 0.15) is 0 Å². The third-order valence-corrected chi connectivity index (χ3v) is 6.40. The predicted molar refractivity (Wildman–Crippen MR) is 92.7 cm³/mol. The first kappa shape index (κ1) is 17.3. The molecule has 0 aliphatic heterocycles. The Bertz CT molecular complexity index is 407. The summed E-state index contributed by atoms with van der Waals surface area (Å²) in [5.41, 5.74) is 1.79. The third-order valence-electron chi connectivity index (χ3n) is 4.79. The van der Waals surface area contributed by atoms with Crippen molar-refractivity contribution in [3.05, 3.63) is 20.8 Å². The molecule has 0 bridgehead atoms. The van der Waals surface area contributed by atoms with E-state index in [1.165, 1.54) is 55.4 Å². The van der Waals surface area contributed by atoms with Gasteiger partial charge < -0.3 is 10.1 Å². The molecule has 1 heterocycles. The maximum absolute atomic E-state index is 6.19. The molecule has 0 amide bonds. The number of halogens is 1. The summed E-state index contributed by atoms with van der Waals surface area (Å²) in [7, 11) is 1.76. The minimum absolute atomic E-state index is 0.560. The first-order valence-electron chi connectivity index (χ1n) is 8.10. The molecule has 0 unspecified atom stereocenters. The van der Waals surface area contributed by atoms with Gasteiger partial charge in [-0.1, -0.05) is 24.4 Å². The average molecular weight is 330 g/mol. The van der Waals surface area contributed by atoms with Gasteiger partial charge in [-0.15, -0.1) is 11.3 Å². The van der Waals surface area contributed by atoms with Crippen LogP contribution in [0.2, 0.25) is 4.34 Å². The Hall–Kier alpha value is -0.0900.